The van der Waals surface area contributed by atoms with Crippen LogP contribution in [0, 0.1) is 0 Å². The first-order chi connectivity index (χ1) is 6.35. The molecule has 0 rings (SSSR count). The lowest BCUT2D eigenvalue weighted by Crippen LogP contribution is -2.22. The first-order valence-corrected chi connectivity index (χ1v) is 6.98. The minimum absolute atomic E-state index is 0.794. The molecule has 0 aliphatic carbocycles. The molecule has 0 saturated carbocycles. The van der Waals surface area contributed by atoms with E-state index in [9.17, 15) is 0 Å². The summed E-state index contributed by atoms with van der Waals surface area (Å²) in [5.74, 6) is 0. The highest BCUT2D eigenvalue weighted by molar-refractivity contribution is 6.44. The van der Waals surface area contributed by atoms with Crippen molar-refractivity contribution in [2.75, 3.05) is 13.2 Å². The van der Waals surface area contributed by atoms with Gasteiger partial charge in [0.1, 0.15) is 0 Å². The molecule has 0 saturated heterocycles. The number of unbranched alkanes of at least 4 members (excludes halogenated alkanes) is 3. The zero-order chi connectivity index (χ0) is 9.94. The third-order valence-corrected chi connectivity index (χ3v) is 3.83. The fraction of sp³-hybridized carbons (Fsp3) is 1.00. The Balaban J connectivity index is 3.33. The molecule has 0 aliphatic heterocycles. The van der Waals surface area contributed by atoms with Gasteiger partial charge in [0, 0.05) is 13.2 Å². The maximum atomic E-state index is 5.54. The van der Waals surface area contributed by atoms with Gasteiger partial charge in [-0.05, 0) is 19.9 Å². The predicted octanol–water partition coefficient (Wildman–Crippen LogP) is 3.13. The van der Waals surface area contributed by atoms with Crippen LogP contribution in [0.25, 0.3) is 0 Å². The molecule has 2 nitrogen and oxygen atoms in total. The quantitative estimate of drug-likeness (QED) is 0.423. The van der Waals surface area contributed by atoms with Gasteiger partial charge in [-0.15, -0.1) is 0 Å². The van der Waals surface area contributed by atoms with Crippen LogP contribution in [0.4, 0.5) is 0 Å². The first-order valence-electron chi connectivity index (χ1n) is 5.46. The second-order valence-electron chi connectivity index (χ2n) is 3.05. The summed E-state index contributed by atoms with van der Waals surface area (Å²) in [6.07, 6.45) is 5.23. The van der Waals surface area contributed by atoms with Crippen LogP contribution in [0.2, 0.25) is 6.04 Å². The Bertz CT molecular complexity index is 92.9. The summed E-state index contributed by atoms with van der Waals surface area (Å²) in [7, 11) is -0.927. The van der Waals surface area contributed by atoms with Crippen molar-refractivity contribution < 1.29 is 8.85 Å². The van der Waals surface area contributed by atoms with Crippen molar-refractivity contribution in [1.82, 2.24) is 0 Å². The van der Waals surface area contributed by atoms with Gasteiger partial charge >= 0.3 is 9.28 Å². The molecule has 13 heavy (non-hydrogen) atoms. The van der Waals surface area contributed by atoms with Gasteiger partial charge in [-0.2, -0.15) is 0 Å². The summed E-state index contributed by atoms with van der Waals surface area (Å²) >= 11 is 0. The molecule has 0 fully saturated rings. The van der Waals surface area contributed by atoms with E-state index in [1.54, 1.807) is 0 Å². The summed E-state index contributed by atoms with van der Waals surface area (Å²) in [5, 5.41) is 0. The molecule has 1 radical (unpaired) electrons. The Morgan fingerprint density at radius 1 is 0.846 bits per heavy atom. The van der Waals surface area contributed by atoms with E-state index < -0.39 is 9.28 Å². The minimum atomic E-state index is -0.927. The standard InChI is InChI=1S/C10H23O2Si/c1-4-7-8-9-10-13(11-5-2)12-6-3/h4-10H2,1-3H3. The van der Waals surface area contributed by atoms with Gasteiger partial charge in [-0.3, -0.25) is 0 Å². The Labute approximate surface area is 84.5 Å². The predicted molar refractivity (Wildman–Crippen MR) is 58.0 cm³/mol. The molecule has 0 aliphatic rings. The fourth-order valence-corrected chi connectivity index (χ4v) is 2.76. The van der Waals surface area contributed by atoms with Gasteiger partial charge < -0.3 is 8.85 Å². The zero-order valence-corrected chi connectivity index (χ0v) is 10.3. The van der Waals surface area contributed by atoms with Gasteiger partial charge in [-0.25, -0.2) is 0 Å². The molecular weight excluding hydrogens is 180 g/mol. The molecule has 0 atom stereocenters. The Hall–Kier alpha value is 0.137. The van der Waals surface area contributed by atoms with Crippen molar-refractivity contribution >= 4 is 9.28 Å². The van der Waals surface area contributed by atoms with Crippen molar-refractivity contribution in [2.24, 2.45) is 0 Å². The maximum absolute atomic E-state index is 5.54. The maximum Gasteiger partial charge on any atom is 0.384 e. The van der Waals surface area contributed by atoms with Crippen molar-refractivity contribution in [3.63, 3.8) is 0 Å². The Morgan fingerprint density at radius 2 is 1.46 bits per heavy atom. The van der Waals surface area contributed by atoms with Gasteiger partial charge in [0.2, 0.25) is 0 Å². The van der Waals surface area contributed by atoms with Crippen LogP contribution in [-0.2, 0) is 8.85 Å². The van der Waals surface area contributed by atoms with E-state index in [-0.39, 0.29) is 0 Å². The highest BCUT2D eigenvalue weighted by Crippen LogP contribution is 2.07. The lowest BCUT2D eigenvalue weighted by atomic mass is 10.2. The van der Waals surface area contributed by atoms with Crippen LogP contribution >= 0.6 is 0 Å². The van der Waals surface area contributed by atoms with E-state index >= 15 is 0 Å². The highest BCUT2D eigenvalue weighted by atomic mass is 28.3. The molecule has 0 aromatic heterocycles. The molecule has 0 unspecified atom stereocenters. The van der Waals surface area contributed by atoms with Gasteiger partial charge in [0.05, 0.1) is 0 Å². The van der Waals surface area contributed by atoms with Crippen LogP contribution in [0.1, 0.15) is 46.5 Å². The molecule has 0 spiro atoms. The molecule has 0 aromatic carbocycles. The Morgan fingerprint density at radius 3 is 1.92 bits per heavy atom. The number of hydrogen-bond donors (Lipinski definition) is 0. The summed E-state index contributed by atoms with van der Waals surface area (Å²) in [5.41, 5.74) is 0. The van der Waals surface area contributed by atoms with Gasteiger partial charge in [0.15, 0.2) is 0 Å². The number of rotatable bonds is 9. The fourth-order valence-electron chi connectivity index (χ4n) is 1.20. The second-order valence-corrected chi connectivity index (χ2v) is 4.87. The van der Waals surface area contributed by atoms with Crippen LogP contribution in [-0.4, -0.2) is 22.5 Å². The highest BCUT2D eigenvalue weighted by Gasteiger charge is 2.12. The minimum Gasteiger partial charge on any atom is -0.394 e. The normalized spacial score (nSPS) is 11.1. The van der Waals surface area contributed by atoms with Crippen molar-refractivity contribution in [2.45, 2.75) is 52.5 Å². The van der Waals surface area contributed by atoms with Crippen molar-refractivity contribution in [3.8, 4) is 0 Å². The van der Waals surface area contributed by atoms with Crippen molar-refractivity contribution in [1.29, 1.82) is 0 Å². The molecule has 0 bridgehead atoms. The van der Waals surface area contributed by atoms with Crippen LogP contribution in [0.3, 0.4) is 0 Å². The van der Waals surface area contributed by atoms with Crippen LogP contribution < -0.4 is 0 Å². The molecule has 3 heteroatoms. The zero-order valence-electron chi connectivity index (χ0n) is 9.27. The largest absolute Gasteiger partial charge is 0.394 e. The molecule has 0 amide bonds. The number of hydrogen-bond acceptors (Lipinski definition) is 2. The average molecular weight is 203 g/mol. The van der Waals surface area contributed by atoms with Crippen LogP contribution in [0.5, 0.6) is 0 Å². The average Bonchev–Trinajstić information content (AvgIpc) is 2.13. The van der Waals surface area contributed by atoms with Crippen LogP contribution in [0.15, 0.2) is 0 Å². The lowest BCUT2D eigenvalue weighted by molar-refractivity contribution is 0.212. The summed E-state index contributed by atoms with van der Waals surface area (Å²) in [4.78, 5) is 0. The monoisotopic (exact) mass is 203 g/mol. The third kappa shape index (κ3) is 8.47. The first kappa shape index (κ1) is 13.1. The van der Waals surface area contributed by atoms with E-state index in [0.717, 1.165) is 19.3 Å². The smallest absolute Gasteiger partial charge is 0.384 e. The van der Waals surface area contributed by atoms with Gasteiger partial charge in [0.25, 0.3) is 0 Å². The van der Waals surface area contributed by atoms with E-state index in [2.05, 4.69) is 6.92 Å². The topological polar surface area (TPSA) is 18.5 Å². The Kier molecular flexibility index (Phi) is 10.3. The molecule has 0 heterocycles. The summed E-state index contributed by atoms with van der Waals surface area (Å²) < 4.78 is 11.1. The molecule has 0 N–H and O–H groups in total. The third-order valence-electron chi connectivity index (χ3n) is 1.85. The van der Waals surface area contributed by atoms with E-state index in [1.165, 1.54) is 25.7 Å². The van der Waals surface area contributed by atoms with Crippen molar-refractivity contribution in [3.05, 3.63) is 0 Å². The SMILES string of the molecule is CCCCCC[Si](OCC)OCC. The molecule has 0 aromatic rings. The van der Waals surface area contributed by atoms with E-state index in [1.807, 2.05) is 13.8 Å². The molecule has 79 valence electrons. The summed E-state index contributed by atoms with van der Waals surface area (Å²) in [6.45, 7) is 7.90. The van der Waals surface area contributed by atoms with E-state index in [4.69, 9.17) is 8.85 Å². The lowest BCUT2D eigenvalue weighted by Gasteiger charge is -2.12. The van der Waals surface area contributed by atoms with Gasteiger partial charge in [-0.1, -0.05) is 32.6 Å². The van der Waals surface area contributed by atoms with E-state index in [0.29, 0.717) is 0 Å². The second kappa shape index (κ2) is 10.2. The summed E-state index contributed by atoms with van der Waals surface area (Å²) in [6, 6.07) is 1.15. The molecular formula is C10H23O2Si.